The van der Waals surface area contributed by atoms with Gasteiger partial charge in [-0.15, -0.1) is 0 Å². The van der Waals surface area contributed by atoms with E-state index in [-0.39, 0.29) is 30.7 Å². The largest absolute Gasteiger partial charge is 0.349 e. The molecule has 27 heavy (non-hydrogen) atoms. The number of hydrogen-bond acceptors (Lipinski definition) is 3. The van der Waals surface area contributed by atoms with E-state index >= 15 is 0 Å². The summed E-state index contributed by atoms with van der Waals surface area (Å²) in [5, 5.41) is 3.82. The van der Waals surface area contributed by atoms with Crippen LogP contribution in [-0.4, -0.2) is 54.3 Å². The van der Waals surface area contributed by atoms with Crippen LogP contribution in [0.25, 0.3) is 0 Å². The van der Waals surface area contributed by atoms with Crippen LogP contribution in [0.3, 0.4) is 0 Å². The second-order valence-corrected chi connectivity index (χ2v) is 8.11. The molecular formula is C21H30ClN3O2. The summed E-state index contributed by atoms with van der Waals surface area (Å²) in [6.45, 7) is 5.33. The van der Waals surface area contributed by atoms with E-state index in [0.29, 0.717) is 6.04 Å². The molecule has 6 heteroatoms. The van der Waals surface area contributed by atoms with E-state index in [1.54, 1.807) is 0 Å². The van der Waals surface area contributed by atoms with Gasteiger partial charge < -0.3 is 15.1 Å². The average Bonchev–Trinajstić information content (AvgIpc) is 3.07. The fourth-order valence-electron chi connectivity index (χ4n) is 4.23. The topological polar surface area (TPSA) is 52.7 Å². The summed E-state index contributed by atoms with van der Waals surface area (Å²) in [4.78, 5) is 29.1. The van der Waals surface area contributed by atoms with E-state index in [0.717, 1.165) is 55.9 Å². The minimum Gasteiger partial charge on any atom is -0.349 e. The summed E-state index contributed by atoms with van der Waals surface area (Å²) in [6.07, 6.45) is 4.38. The highest BCUT2D eigenvalue weighted by atomic mass is 35.5. The van der Waals surface area contributed by atoms with Crippen LogP contribution in [0.1, 0.15) is 56.2 Å². The molecule has 3 rings (SSSR count). The van der Waals surface area contributed by atoms with Crippen molar-refractivity contribution in [3.05, 3.63) is 34.3 Å². The third-order valence-corrected chi connectivity index (χ3v) is 6.26. The van der Waals surface area contributed by atoms with Gasteiger partial charge in [0.1, 0.15) is 0 Å². The first-order valence-electron chi connectivity index (χ1n) is 10.0. The van der Waals surface area contributed by atoms with Crippen molar-refractivity contribution in [2.45, 2.75) is 57.5 Å². The maximum absolute atomic E-state index is 12.5. The molecule has 2 aliphatic rings. The predicted octanol–water partition coefficient (Wildman–Crippen LogP) is 3.17. The van der Waals surface area contributed by atoms with Crippen molar-refractivity contribution in [2.75, 3.05) is 26.7 Å². The molecule has 1 fully saturated rings. The lowest BCUT2D eigenvalue weighted by atomic mass is 10.0. The molecule has 0 saturated carbocycles. The fourth-order valence-corrected chi connectivity index (χ4v) is 4.42. The second-order valence-electron chi connectivity index (χ2n) is 7.67. The first-order valence-corrected chi connectivity index (χ1v) is 10.4. The molecule has 1 aromatic carbocycles. The summed E-state index contributed by atoms with van der Waals surface area (Å²) >= 11 is 6.04. The standard InChI is InChI=1S/C21H30ClN3O2/c1-3-25-12-10-17(11-13-25)24(2)21(27)9-8-20(26)23-19-7-4-15-14-16(22)5-6-18(15)19/h5-6,14,17,19H,3-4,7-13H2,1-2H3,(H,23,26). The predicted molar refractivity (Wildman–Crippen MR) is 108 cm³/mol. The first-order chi connectivity index (χ1) is 13.0. The Balaban J connectivity index is 1.44. The molecule has 1 aliphatic heterocycles. The molecule has 1 N–H and O–H groups in total. The Bertz CT molecular complexity index is 686. The third kappa shape index (κ3) is 5.02. The number of nitrogens with zero attached hydrogens (tertiary/aromatic N) is 2. The number of hydrogen-bond donors (Lipinski definition) is 1. The van der Waals surface area contributed by atoms with E-state index in [1.165, 1.54) is 5.56 Å². The Morgan fingerprint density at radius 2 is 1.96 bits per heavy atom. The molecule has 1 saturated heterocycles. The van der Waals surface area contributed by atoms with Crippen molar-refractivity contribution in [3.8, 4) is 0 Å². The Labute approximate surface area is 167 Å². The van der Waals surface area contributed by atoms with Crippen LogP contribution in [0.15, 0.2) is 18.2 Å². The number of nitrogens with one attached hydrogen (secondary N) is 1. The zero-order valence-corrected chi connectivity index (χ0v) is 17.1. The Morgan fingerprint density at radius 1 is 1.22 bits per heavy atom. The van der Waals surface area contributed by atoms with E-state index in [9.17, 15) is 9.59 Å². The van der Waals surface area contributed by atoms with Crippen molar-refractivity contribution in [1.29, 1.82) is 0 Å². The second kappa shape index (κ2) is 9.07. The number of carbonyl (C=O) groups excluding carboxylic acids is 2. The number of halogens is 1. The van der Waals surface area contributed by atoms with E-state index in [2.05, 4.69) is 17.1 Å². The van der Waals surface area contributed by atoms with Crippen LogP contribution in [0.4, 0.5) is 0 Å². The summed E-state index contributed by atoms with van der Waals surface area (Å²) in [7, 11) is 1.88. The molecule has 0 spiro atoms. The van der Waals surface area contributed by atoms with Gasteiger partial charge in [0.2, 0.25) is 11.8 Å². The van der Waals surface area contributed by atoms with Crippen LogP contribution >= 0.6 is 11.6 Å². The van der Waals surface area contributed by atoms with Crippen LogP contribution in [-0.2, 0) is 16.0 Å². The number of piperidine rings is 1. The number of benzene rings is 1. The number of likely N-dealkylation sites (tertiary alicyclic amines) is 1. The lowest BCUT2D eigenvalue weighted by Gasteiger charge is -2.36. The SMILES string of the molecule is CCN1CCC(N(C)C(=O)CCC(=O)NC2CCc3cc(Cl)ccc32)CC1. The fraction of sp³-hybridized carbons (Fsp3) is 0.619. The van der Waals surface area contributed by atoms with Gasteiger partial charge in [0, 0.05) is 44.0 Å². The smallest absolute Gasteiger partial charge is 0.223 e. The van der Waals surface area contributed by atoms with Gasteiger partial charge in [-0.3, -0.25) is 9.59 Å². The highest BCUT2D eigenvalue weighted by Crippen LogP contribution is 2.32. The molecule has 1 unspecified atom stereocenters. The maximum atomic E-state index is 12.5. The van der Waals surface area contributed by atoms with Crippen molar-refractivity contribution >= 4 is 23.4 Å². The number of carbonyl (C=O) groups is 2. The van der Waals surface area contributed by atoms with E-state index < -0.39 is 0 Å². The van der Waals surface area contributed by atoms with Crippen LogP contribution in [0.2, 0.25) is 5.02 Å². The van der Waals surface area contributed by atoms with E-state index in [1.807, 2.05) is 30.1 Å². The zero-order chi connectivity index (χ0) is 19.4. The summed E-state index contributed by atoms with van der Waals surface area (Å²) in [5.74, 6) is 0.0176. The van der Waals surface area contributed by atoms with Gasteiger partial charge in [0.25, 0.3) is 0 Å². The molecule has 1 atom stereocenters. The summed E-state index contributed by atoms with van der Waals surface area (Å²) in [5.41, 5.74) is 2.36. The molecular weight excluding hydrogens is 362 g/mol. The molecule has 2 amide bonds. The minimum absolute atomic E-state index is 0.0379. The number of rotatable bonds is 6. The van der Waals surface area contributed by atoms with Crippen molar-refractivity contribution in [1.82, 2.24) is 15.1 Å². The van der Waals surface area contributed by atoms with Crippen LogP contribution in [0, 0.1) is 0 Å². The highest BCUT2D eigenvalue weighted by Gasteiger charge is 2.26. The third-order valence-electron chi connectivity index (χ3n) is 6.03. The van der Waals surface area contributed by atoms with Gasteiger partial charge in [-0.05, 0) is 55.5 Å². The molecule has 1 aliphatic carbocycles. The molecule has 1 heterocycles. The lowest BCUT2D eigenvalue weighted by molar-refractivity contribution is -0.135. The summed E-state index contributed by atoms with van der Waals surface area (Å²) in [6, 6.07) is 6.18. The van der Waals surface area contributed by atoms with Crippen LogP contribution in [0.5, 0.6) is 0 Å². The number of aryl methyl sites for hydroxylation is 1. The maximum Gasteiger partial charge on any atom is 0.223 e. The highest BCUT2D eigenvalue weighted by molar-refractivity contribution is 6.30. The quantitative estimate of drug-likeness (QED) is 0.810. The van der Waals surface area contributed by atoms with Gasteiger partial charge in [0.05, 0.1) is 6.04 Å². The number of amides is 2. The van der Waals surface area contributed by atoms with E-state index in [4.69, 9.17) is 11.6 Å². The van der Waals surface area contributed by atoms with Gasteiger partial charge in [-0.25, -0.2) is 0 Å². The van der Waals surface area contributed by atoms with Crippen molar-refractivity contribution in [2.24, 2.45) is 0 Å². The minimum atomic E-state index is -0.0506. The Kier molecular flexibility index (Phi) is 6.77. The molecule has 0 bridgehead atoms. The molecule has 0 radical (unpaired) electrons. The van der Waals surface area contributed by atoms with Gasteiger partial charge in [-0.2, -0.15) is 0 Å². The molecule has 148 valence electrons. The van der Waals surface area contributed by atoms with Crippen molar-refractivity contribution < 1.29 is 9.59 Å². The normalized spacial score (nSPS) is 20.3. The monoisotopic (exact) mass is 391 g/mol. The van der Waals surface area contributed by atoms with Gasteiger partial charge in [-0.1, -0.05) is 24.6 Å². The lowest BCUT2D eigenvalue weighted by Crippen LogP contribution is -2.45. The molecule has 5 nitrogen and oxygen atoms in total. The van der Waals surface area contributed by atoms with Crippen molar-refractivity contribution in [3.63, 3.8) is 0 Å². The van der Waals surface area contributed by atoms with Gasteiger partial charge in [0.15, 0.2) is 0 Å². The van der Waals surface area contributed by atoms with Gasteiger partial charge >= 0.3 is 0 Å². The molecule has 0 aromatic heterocycles. The van der Waals surface area contributed by atoms with Crippen LogP contribution < -0.4 is 5.32 Å². The first kappa shape index (κ1) is 20.2. The average molecular weight is 392 g/mol. The Hall–Kier alpha value is -1.59. The summed E-state index contributed by atoms with van der Waals surface area (Å²) < 4.78 is 0. The zero-order valence-electron chi connectivity index (χ0n) is 16.3. The Morgan fingerprint density at radius 3 is 2.67 bits per heavy atom. The number of fused-ring (bicyclic) bond motifs is 1. The molecule has 1 aromatic rings.